The average Bonchev–Trinajstić information content (AvgIpc) is 3.51. The van der Waals surface area contributed by atoms with Gasteiger partial charge >= 0.3 is 0 Å². The zero-order valence-electron chi connectivity index (χ0n) is 23.0. The van der Waals surface area contributed by atoms with Crippen LogP contribution in [0.25, 0.3) is 11.3 Å². The van der Waals surface area contributed by atoms with Gasteiger partial charge < -0.3 is 24.8 Å². The monoisotopic (exact) mass is 569 g/mol. The van der Waals surface area contributed by atoms with E-state index in [4.69, 9.17) is 4.98 Å². The number of halogens is 3. The van der Waals surface area contributed by atoms with Crippen molar-refractivity contribution in [3.05, 3.63) is 77.8 Å². The topological polar surface area (TPSA) is 90.7 Å². The van der Waals surface area contributed by atoms with Gasteiger partial charge in [-0.1, -0.05) is 30.3 Å². The Kier molecular flexibility index (Phi) is 8.46. The number of nitrogens with zero attached hydrogens (tertiary/aromatic N) is 4. The molecule has 0 radical (unpaired) electrons. The molecule has 2 aromatic carbocycles. The molecule has 2 amide bonds. The van der Waals surface area contributed by atoms with Crippen LogP contribution < -0.4 is 5.32 Å². The molecule has 0 saturated carbocycles. The molecule has 2 fully saturated rings. The van der Waals surface area contributed by atoms with Crippen molar-refractivity contribution >= 4 is 11.8 Å². The molecule has 0 spiro atoms. The zero-order chi connectivity index (χ0) is 29.3. The van der Waals surface area contributed by atoms with Crippen molar-refractivity contribution in [2.75, 3.05) is 32.7 Å². The Labute approximate surface area is 236 Å². The summed E-state index contributed by atoms with van der Waals surface area (Å²) >= 11 is 0. The van der Waals surface area contributed by atoms with Crippen LogP contribution in [0.3, 0.4) is 0 Å². The van der Waals surface area contributed by atoms with Crippen LogP contribution in [0.5, 0.6) is 0 Å². The molecule has 218 valence electrons. The van der Waals surface area contributed by atoms with E-state index in [0.29, 0.717) is 32.0 Å². The summed E-state index contributed by atoms with van der Waals surface area (Å²) in [5.41, 5.74) is 1.05. The SMILES string of the molecule is CC(=O)N1CC(C(c2nc(-c3cc(F)ccc3F)cn2Cc2ccccc2)N(C[C@@H]2CNC[C@@H]2F)C(=O)[C@H](C)O)C1. The number of aromatic nitrogens is 2. The molecule has 2 aliphatic rings. The number of hydrogen-bond donors (Lipinski definition) is 2. The maximum Gasteiger partial charge on any atom is 0.251 e. The van der Waals surface area contributed by atoms with Gasteiger partial charge in [-0.25, -0.2) is 18.2 Å². The summed E-state index contributed by atoms with van der Waals surface area (Å²) in [6.07, 6.45) is -0.933. The van der Waals surface area contributed by atoms with Gasteiger partial charge in [-0.05, 0) is 30.7 Å². The molecule has 0 aliphatic carbocycles. The van der Waals surface area contributed by atoms with E-state index in [-0.39, 0.29) is 36.2 Å². The first kappa shape index (κ1) is 28.8. The Balaban J connectivity index is 1.64. The van der Waals surface area contributed by atoms with Crippen LogP contribution in [0, 0.1) is 23.5 Å². The predicted octanol–water partition coefficient (Wildman–Crippen LogP) is 3.16. The van der Waals surface area contributed by atoms with Gasteiger partial charge in [0.15, 0.2) is 0 Å². The standard InChI is InChI=1S/C30H34F3N5O3/c1-18(39)30(41)38(16-21-11-34-12-26(21)33)28(22-14-36(15-22)19(2)40)29-35-27(24-10-23(31)8-9-25(24)32)17-37(29)13-20-6-4-3-5-7-20/h3-10,17-18,21-22,26,28,34,39H,11-16H2,1-2H3/t18-,21-,26-,28?/m0/s1. The smallest absolute Gasteiger partial charge is 0.251 e. The zero-order valence-corrected chi connectivity index (χ0v) is 23.0. The molecule has 2 aliphatic heterocycles. The molecule has 41 heavy (non-hydrogen) atoms. The lowest BCUT2D eigenvalue weighted by Gasteiger charge is -2.47. The molecule has 3 aromatic rings. The second kappa shape index (κ2) is 12.0. The fourth-order valence-electron chi connectivity index (χ4n) is 5.68. The number of likely N-dealkylation sites (tertiary alicyclic amines) is 1. The minimum absolute atomic E-state index is 0.0149. The molecule has 4 atom stereocenters. The molecule has 1 aromatic heterocycles. The van der Waals surface area contributed by atoms with Crippen molar-refractivity contribution in [2.24, 2.45) is 11.8 Å². The normalized spacial score (nSPS) is 20.5. The third-order valence-corrected chi connectivity index (χ3v) is 7.94. The molecule has 2 N–H and O–H groups in total. The number of carbonyl (C=O) groups excluding carboxylic acids is 2. The lowest BCUT2D eigenvalue weighted by molar-refractivity contribution is -0.149. The van der Waals surface area contributed by atoms with Gasteiger partial charge in [-0.2, -0.15) is 0 Å². The Morgan fingerprint density at radius 3 is 2.51 bits per heavy atom. The van der Waals surface area contributed by atoms with E-state index in [0.717, 1.165) is 23.8 Å². The minimum Gasteiger partial charge on any atom is -0.384 e. The molecule has 3 heterocycles. The van der Waals surface area contributed by atoms with Crippen molar-refractivity contribution in [3.63, 3.8) is 0 Å². The number of rotatable bonds is 9. The van der Waals surface area contributed by atoms with Crippen molar-refractivity contribution in [3.8, 4) is 11.3 Å². The largest absolute Gasteiger partial charge is 0.384 e. The third kappa shape index (κ3) is 6.15. The van der Waals surface area contributed by atoms with Crippen LogP contribution in [0.2, 0.25) is 0 Å². The molecular formula is C30H34F3N5O3. The molecule has 2 saturated heterocycles. The summed E-state index contributed by atoms with van der Waals surface area (Å²) in [7, 11) is 0. The molecular weight excluding hydrogens is 535 g/mol. The van der Waals surface area contributed by atoms with Crippen molar-refractivity contribution in [1.82, 2.24) is 24.7 Å². The van der Waals surface area contributed by atoms with Crippen LogP contribution in [0.4, 0.5) is 13.2 Å². The second-order valence-corrected chi connectivity index (χ2v) is 11.0. The molecule has 5 rings (SSSR count). The maximum absolute atomic E-state index is 14.9. The van der Waals surface area contributed by atoms with E-state index in [1.54, 1.807) is 15.7 Å². The quantitative estimate of drug-likeness (QED) is 0.413. The van der Waals surface area contributed by atoms with Crippen LogP contribution in [0.15, 0.2) is 54.7 Å². The van der Waals surface area contributed by atoms with Gasteiger partial charge in [-0.3, -0.25) is 9.59 Å². The number of imidazole rings is 1. The number of benzene rings is 2. The second-order valence-electron chi connectivity index (χ2n) is 11.0. The summed E-state index contributed by atoms with van der Waals surface area (Å²) in [5.74, 6) is -2.40. The number of hydrogen-bond acceptors (Lipinski definition) is 5. The first-order valence-electron chi connectivity index (χ1n) is 13.8. The Morgan fingerprint density at radius 1 is 1.15 bits per heavy atom. The van der Waals surface area contributed by atoms with E-state index >= 15 is 0 Å². The summed E-state index contributed by atoms with van der Waals surface area (Å²) in [4.78, 5) is 33.5. The van der Waals surface area contributed by atoms with Gasteiger partial charge in [0.25, 0.3) is 5.91 Å². The Hall–Kier alpha value is -3.70. The fourth-order valence-corrected chi connectivity index (χ4v) is 5.68. The molecule has 0 bridgehead atoms. The highest BCUT2D eigenvalue weighted by Gasteiger charge is 2.45. The van der Waals surface area contributed by atoms with Crippen LogP contribution in [-0.4, -0.2) is 81.3 Å². The van der Waals surface area contributed by atoms with Crippen LogP contribution >= 0.6 is 0 Å². The molecule has 11 heteroatoms. The third-order valence-electron chi connectivity index (χ3n) is 7.94. The summed E-state index contributed by atoms with van der Waals surface area (Å²) in [6.45, 7) is 4.33. The van der Waals surface area contributed by atoms with Crippen LogP contribution in [0.1, 0.15) is 31.3 Å². The highest BCUT2D eigenvalue weighted by atomic mass is 19.1. The first-order chi connectivity index (χ1) is 19.6. The lowest BCUT2D eigenvalue weighted by atomic mass is 9.88. The Morgan fingerprint density at radius 2 is 1.88 bits per heavy atom. The number of aliphatic hydroxyl groups excluding tert-OH is 1. The van der Waals surface area contributed by atoms with Gasteiger partial charge in [0.1, 0.15) is 29.7 Å². The average molecular weight is 570 g/mol. The predicted molar refractivity (Wildman–Crippen MR) is 146 cm³/mol. The molecule has 1 unspecified atom stereocenters. The fraction of sp³-hybridized carbons (Fsp3) is 0.433. The summed E-state index contributed by atoms with van der Waals surface area (Å²) in [5, 5.41) is 13.4. The number of aliphatic hydroxyl groups is 1. The van der Waals surface area contributed by atoms with E-state index < -0.39 is 41.8 Å². The van der Waals surface area contributed by atoms with Crippen molar-refractivity contribution in [2.45, 2.75) is 38.7 Å². The number of nitrogens with one attached hydrogen (secondary N) is 1. The van der Waals surface area contributed by atoms with Gasteiger partial charge in [0, 0.05) is 69.8 Å². The van der Waals surface area contributed by atoms with E-state index in [1.165, 1.54) is 18.7 Å². The van der Waals surface area contributed by atoms with E-state index in [1.807, 2.05) is 30.3 Å². The van der Waals surface area contributed by atoms with Gasteiger partial charge in [0.2, 0.25) is 5.91 Å². The highest BCUT2D eigenvalue weighted by molar-refractivity contribution is 5.81. The number of carbonyl (C=O) groups is 2. The van der Waals surface area contributed by atoms with Crippen LogP contribution in [-0.2, 0) is 16.1 Å². The van der Waals surface area contributed by atoms with Gasteiger partial charge in [0.05, 0.1) is 11.7 Å². The van der Waals surface area contributed by atoms with Crippen molar-refractivity contribution in [1.29, 1.82) is 0 Å². The van der Waals surface area contributed by atoms with Crippen molar-refractivity contribution < 1.29 is 27.9 Å². The lowest BCUT2D eigenvalue weighted by Crippen LogP contribution is -2.57. The Bertz CT molecular complexity index is 1390. The highest BCUT2D eigenvalue weighted by Crippen LogP contribution is 2.38. The minimum atomic E-state index is -1.37. The number of alkyl halides is 1. The summed E-state index contributed by atoms with van der Waals surface area (Å²) < 4.78 is 45.7. The summed E-state index contributed by atoms with van der Waals surface area (Å²) in [6, 6.07) is 11.8. The van der Waals surface area contributed by atoms with E-state index in [9.17, 15) is 27.9 Å². The van der Waals surface area contributed by atoms with Gasteiger partial charge in [-0.15, -0.1) is 0 Å². The molecule has 8 nitrogen and oxygen atoms in total. The van der Waals surface area contributed by atoms with E-state index in [2.05, 4.69) is 5.32 Å². The maximum atomic E-state index is 14.9. The number of amides is 2. The first-order valence-corrected chi connectivity index (χ1v) is 13.8.